The predicted octanol–water partition coefficient (Wildman–Crippen LogP) is 4.84. The number of carbonyl (C=O) groups is 1. The minimum Gasteiger partial charge on any atom is -0.292 e. The predicted molar refractivity (Wildman–Crippen MR) is 133 cm³/mol. The molecule has 0 radical (unpaired) electrons. The zero-order valence-electron chi connectivity index (χ0n) is 19.4. The van der Waals surface area contributed by atoms with Crippen LogP contribution in [0.1, 0.15) is 37.4 Å². The second kappa shape index (κ2) is 8.87. The second-order valence-corrected chi connectivity index (χ2v) is 9.53. The summed E-state index contributed by atoms with van der Waals surface area (Å²) in [7, 11) is 1.76. The van der Waals surface area contributed by atoms with Gasteiger partial charge in [0.15, 0.2) is 0 Å². The summed E-state index contributed by atoms with van der Waals surface area (Å²) in [4.78, 5) is 14.6. The summed E-state index contributed by atoms with van der Waals surface area (Å²) in [5, 5.41) is 23.8. The lowest BCUT2D eigenvalue weighted by Gasteiger charge is -2.27. The molecule has 0 saturated heterocycles. The van der Waals surface area contributed by atoms with Gasteiger partial charge in [0.1, 0.15) is 29.0 Å². The summed E-state index contributed by atoms with van der Waals surface area (Å²) >= 11 is 13.0. The molecule has 1 amide bonds. The summed E-state index contributed by atoms with van der Waals surface area (Å²) < 4.78 is 5.24. The van der Waals surface area contributed by atoms with Crippen molar-refractivity contribution in [3.63, 3.8) is 0 Å². The first-order chi connectivity index (χ1) is 16.8. The molecule has 3 aromatic heterocycles. The third-order valence-corrected chi connectivity index (χ3v) is 6.52. The topological polar surface area (TPSA) is 97.6 Å². The van der Waals surface area contributed by atoms with Gasteiger partial charge in [-0.1, -0.05) is 35.3 Å². The molecule has 9 nitrogen and oxygen atoms in total. The molecule has 1 aliphatic heterocycles. The molecule has 0 atom stereocenters. The number of hydrogen-bond donors (Lipinski definition) is 0. The Bertz CT molecular complexity index is 1490. The first kappa shape index (κ1) is 23.1. The molecule has 1 aliphatic rings. The van der Waals surface area contributed by atoms with Crippen LogP contribution in [-0.4, -0.2) is 35.2 Å². The fraction of sp³-hybridized carbons (Fsp3) is 0.292. The molecule has 0 bridgehead atoms. The lowest BCUT2D eigenvalue weighted by molar-refractivity contribution is -0.119. The van der Waals surface area contributed by atoms with Gasteiger partial charge in [-0.3, -0.25) is 19.1 Å². The van der Waals surface area contributed by atoms with Crippen LogP contribution in [0.25, 0.3) is 22.6 Å². The number of aryl methyl sites for hydroxylation is 2. The van der Waals surface area contributed by atoms with Crippen molar-refractivity contribution in [1.29, 1.82) is 5.26 Å². The standard InChI is InChI=1S/C24H22Cl2N8O/c1-14(2)34-24(19(26)11-28-34)20-9-21-32(22(35)6-7-33(21)29-20)12-15-4-5-17(18(25)8-15)23-16(10-27)13-31(3)30-23/h4-5,8-9,11,13-14H,6-7,12H2,1-3H3. The number of nitrogens with zero attached hydrogens (tertiary/aromatic N) is 8. The van der Waals surface area contributed by atoms with Crippen molar-refractivity contribution in [2.75, 3.05) is 4.90 Å². The van der Waals surface area contributed by atoms with Crippen LogP contribution in [-0.2, 0) is 24.9 Å². The Labute approximate surface area is 212 Å². The fourth-order valence-electron chi connectivity index (χ4n) is 4.31. The van der Waals surface area contributed by atoms with Gasteiger partial charge < -0.3 is 0 Å². The highest BCUT2D eigenvalue weighted by Gasteiger charge is 2.28. The van der Waals surface area contributed by atoms with Crippen LogP contribution in [0.5, 0.6) is 0 Å². The second-order valence-electron chi connectivity index (χ2n) is 8.71. The summed E-state index contributed by atoms with van der Waals surface area (Å²) in [6, 6.07) is 9.66. The average molecular weight is 509 g/mol. The Hall–Kier alpha value is -3.61. The smallest absolute Gasteiger partial charge is 0.230 e. The molecule has 0 unspecified atom stereocenters. The Kier molecular flexibility index (Phi) is 5.87. The number of benzene rings is 1. The van der Waals surface area contributed by atoms with Gasteiger partial charge in [0.25, 0.3) is 0 Å². The van der Waals surface area contributed by atoms with E-state index in [4.69, 9.17) is 28.3 Å². The third kappa shape index (κ3) is 4.09. The van der Waals surface area contributed by atoms with Crippen molar-refractivity contribution in [3.8, 4) is 28.7 Å². The Morgan fingerprint density at radius 3 is 2.69 bits per heavy atom. The maximum atomic E-state index is 12.9. The molecule has 35 heavy (non-hydrogen) atoms. The molecule has 178 valence electrons. The Morgan fingerprint density at radius 1 is 1.17 bits per heavy atom. The molecule has 0 N–H and O–H groups in total. The number of carbonyl (C=O) groups excluding carboxylic acids is 1. The molecule has 4 aromatic rings. The lowest BCUT2D eigenvalue weighted by Crippen LogP contribution is -2.36. The van der Waals surface area contributed by atoms with Crippen LogP contribution in [0.4, 0.5) is 5.82 Å². The molecule has 4 heterocycles. The van der Waals surface area contributed by atoms with Crippen LogP contribution in [0, 0.1) is 11.3 Å². The number of nitriles is 1. The van der Waals surface area contributed by atoms with Crippen LogP contribution in [0.3, 0.4) is 0 Å². The van der Waals surface area contributed by atoms with E-state index in [1.807, 2.05) is 41.4 Å². The third-order valence-electron chi connectivity index (χ3n) is 5.93. The maximum Gasteiger partial charge on any atom is 0.230 e. The number of halogens is 2. The summed E-state index contributed by atoms with van der Waals surface area (Å²) in [6.45, 7) is 4.87. The molecule has 0 fully saturated rings. The van der Waals surface area contributed by atoms with E-state index in [0.717, 1.165) is 11.3 Å². The van der Waals surface area contributed by atoms with E-state index in [9.17, 15) is 10.1 Å². The van der Waals surface area contributed by atoms with Gasteiger partial charge in [0.2, 0.25) is 5.91 Å². The molecule has 5 rings (SSSR count). The zero-order chi connectivity index (χ0) is 24.9. The van der Waals surface area contributed by atoms with Crippen molar-refractivity contribution in [1.82, 2.24) is 29.3 Å². The maximum absolute atomic E-state index is 12.9. The summed E-state index contributed by atoms with van der Waals surface area (Å²) in [6.07, 6.45) is 3.61. The number of rotatable bonds is 5. The van der Waals surface area contributed by atoms with E-state index in [0.29, 0.717) is 57.9 Å². The highest BCUT2D eigenvalue weighted by molar-refractivity contribution is 6.33. The van der Waals surface area contributed by atoms with Gasteiger partial charge in [0, 0.05) is 37.3 Å². The fourth-order valence-corrected chi connectivity index (χ4v) is 4.83. The van der Waals surface area contributed by atoms with E-state index in [2.05, 4.69) is 16.3 Å². The van der Waals surface area contributed by atoms with Crippen molar-refractivity contribution in [2.45, 2.75) is 39.4 Å². The van der Waals surface area contributed by atoms with Crippen molar-refractivity contribution >= 4 is 34.9 Å². The summed E-state index contributed by atoms with van der Waals surface area (Å²) in [5.41, 5.74) is 3.89. The van der Waals surface area contributed by atoms with Gasteiger partial charge in [-0.05, 0) is 25.5 Å². The molecular weight excluding hydrogens is 487 g/mol. The largest absolute Gasteiger partial charge is 0.292 e. The minimum atomic E-state index is 0.00380. The number of hydrogen-bond acceptors (Lipinski definition) is 5. The molecule has 0 aliphatic carbocycles. The monoisotopic (exact) mass is 508 g/mol. The quantitative estimate of drug-likeness (QED) is 0.384. The molecule has 0 spiro atoms. The normalized spacial score (nSPS) is 13.4. The minimum absolute atomic E-state index is 0.00380. The number of amides is 1. The Balaban J connectivity index is 1.48. The van der Waals surface area contributed by atoms with E-state index in [1.165, 1.54) is 0 Å². The van der Waals surface area contributed by atoms with Gasteiger partial charge in [0.05, 0.1) is 34.9 Å². The molecular formula is C24H22Cl2N8O. The first-order valence-corrected chi connectivity index (χ1v) is 11.9. The highest BCUT2D eigenvalue weighted by atomic mass is 35.5. The van der Waals surface area contributed by atoms with Crippen LogP contribution >= 0.6 is 23.2 Å². The SMILES string of the molecule is CC(C)n1ncc(Cl)c1-c1cc2n(n1)CCC(=O)N2Cc1ccc(-c2nn(C)cc2C#N)c(Cl)c1. The number of fused-ring (bicyclic) bond motifs is 1. The van der Waals surface area contributed by atoms with E-state index in [1.54, 1.807) is 35.1 Å². The highest BCUT2D eigenvalue weighted by Crippen LogP contribution is 2.35. The molecule has 0 saturated carbocycles. The van der Waals surface area contributed by atoms with Gasteiger partial charge in [-0.15, -0.1) is 0 Å². The van der Waals surface area contributed by atoms with Gasteiger partial charge in [-0.25, -0.2) is 4.68 Å². The first-order valence-electron chi connectivity index (χ1n) is 11.1. The lowest BCUT2D eigenvalue weighted by atomic mass is 10.1. The van der Waals surface area contributed by atoms with E-state index in [-0.39, 0.29) is 11.9 Å². The van der Waals surface area contributed by atoms with Crippen molar-refractivity contribution in [3.05, 3.63) is 57.8 Å². The molecule has 1 aromatic carbocycles. The Morgan fingerprint density at radius 2 is 1.97 bits per heavy atom. The van der Waals surface area contributed by atoms with Crippen LogP contribution in [0.15, 0.2) is 36.7 Å². The van der Waals surface area contributed by atoms with E-state index < -0.39 is 0 Å². The summed E-state index contributed by atoms with van der Waals surface area (Å²) in [5.74, 6) is 0.699. The number of aromatic nitrogens is 6. The van der Waals surface area contributed by atoms with E-state index >= 15 is 0 Å². The van der Waals surface area contributed by atoms with Crippen LogP contribution < -0.4 is 4.90 Å². The zero-order valence-corrected chi connectivity index (χ0v) is 20.9. The number of anilines is 1. The van der Waals surface area contributed by atoms with Gasteiger partial charge in [-0.2, -0.15) is 20.6 Å². The van der Waals surface area contributed by atoms with Crippen molar-refractivity contribution in [2.24, 2.45) is 7.05 Å². The van der Waals surface area contributed by atoms with Gasteiger partial charge >= 0.3 is 0 Å². The molecule has 11 heteroatoms. The van der Waals surface area contributed by atoms with Crippen molar-refractivity contribution < 1.29 is 4.79 Å². The van der Waals surface area contributed by atoms with Crippen LogP contribution in [0.2, 0.25) is 10.0 Å². The average Bonchev–Trinajstić information content (AvgIpc) is 3.51.